The van der Waals surface area contributed by atoms with E-state index in [4.69, 9.17) is 22.7 Å². The van der Waals surface area contributed by atoms with Gasteiger partial charge in [0.15, 0.2) is 0 Å². The number of nitrogens with two attached hydrogens (primary N) is 1. The van der Waals surface area contributed by atoms with Gasteiger partial charge < -0.3 is 15.4 Å². The lowest BCUT2D eigenvalue weighted by Gasteiger charge is -2.21. The molecule has 0 aromatic carbocycles. The number of nitrogens with zero attached hydrogens (tertiary/aromatic N) is 1. The first-order valence-corrected chi connectivity index (χ1v) is 5.54. The molecular formula is C10H18N2O3S. The number of rotatable bonds is 6. The summed E-state index contributed by atoms with van der Waals surface area (Å²) in [6, 6.07) is 0. The summed E-state index contributed by atoms with van der Waals surface area (Å²) in [5, 5.41) is 0. The Hall–Kier alpha value is -1.17. The van der Waals surface area contributed by atoms with E-state index in [1.54, 1.807) is 6.92 Å². The van der Waals surface area contributed by atoms with E-state index in [1.165, 1.54) is 11.9 Å². The van der Waals surface area contributed by atoms with Gasteiger partial charge in [0.25, 0.3) is 0 Å². The second kappa shape index (κ2) is 7.16. The quantitative estimate of drug-likeness (QED) is 0.540. The molecule has 0 spiro atoms. The summed E-state index contributed by atoms with van der Waals surface area (Å²) in [7, 11) is 1.53. The predicted molar refractivity (Wildman–Crippen MR) is 64.8 cm³/mol. The SMILES string of the molecule is CCOC(=O)CN(C)C(=O)C(CC)C(N)=S. The third kappa shape index (κ3) is 4.57. The number of esters is 1. The molecule has 0 saturated carbocycles. The molecule has 0 aromatic rings. The van der Waals surface area contributed by atoms with E-state index in [0.717, 1.165) is 0 Å². The minimum atomic E-state index is -0.505. The monoisotopic (exact) mass is 246 g/mol. The lowest BCUT2D eigenvalue weighted by Crippen LogP contribution is -2.41. The molecule has 2 N–H and O–H groups in total. The lowest BCUT2D eigenvalue weighted by molar-refractivity contribution is -0.148. The van der Waals surface area contributed by atoms with Crippen molar-refractivity contribution < 1.29 is 14.3 Å². The van der Waals surface area contributed by atoms with Gasteiger partial charge in [-0.25, -0.2) is 0 Å². The molecule has 0 fully saturated rings. The maximum atomic E-state index is 11.8. The van der Waals surface area contributed by atoms with Crippen LogP contribution < -0.4 is 5.73 Å². The number of ether oxygens (including phenoxy) is 1. The van der Waals surface area contributed by atoms with Crippen molar-refractivity contribution in [3.63, 3.8) is 0 Å². The highest BCUT2D eigenvalue weighted by molar-refractivity contribution is 7.80. The summed E-state index contributed by atoms with van der Waals surface area (Å²) < 4.78 is 4.74. The van der Waals surface area contributed by atoms with Crippen molar-refractivity contribution in [2.45, 2.75) is 20.3 Å². The highest BCUT2D eigenvalue weighted by Gasteiger charge is 2.24. The van der Waals surface area contributed by atoms with Crippen molar-refractivity contribution in [1.82, 2.24) is 4.90 Å². The Bertz CT molecular complexity index is 281. The number of hydrogen-bond donors (Lipinski definition) is 1. The largest absolute Gasteiger partial charge is 0.465 e. The normalized spacial score (nSPS) is 11.7. The average molecular weight is 246 g/mol. The van der Waals surface area contributed by atoms with Crippen LogP contribution in [0.4, 0.5) is 0 Å². The van der Waals surface area contributed by atoms with Crippen LogP contribution in [-0.2, 0) is 14.3 Å². The van der Waals surface area contributed by atoms with Gasteiger partial charge in [-0.1, -0.05) is 19.1 Å². The van der Waals surface area contributed by atoms with Gasteiger partial charge in [-0.3, -0.25) is 9.59 Å². The van der Waals surface area contributed by atoms with Gasteiger partial charge in [0.2, 0.25) is 5.91 Å². The van der Waals surface area contributed by atoms with Crippen molar-refractivity contribution in [3.8, 4) is 0 Å². The molecule has 1 amide bonds. The Labute approximate surface area is 101 Å². The maximum absolute atomic E-state index is 11.8. The fraction of sp³-hybridized carbons (Fsp3) is 0.700. The fourth-order valence-corrected chi connectivity index (χ4v) is 1.51. The van der Waals surface area contributed by atoms with Crippen molar-refractivity contribution in [2.24, 2.45) is 11.7 Å². The van der Waals surface area contributed by atoms with Crippen LogP contribution in [0.2, 0.25) is 0 Å². The zero-order valence-electron chi connectivity index (χ0n) is 9.86. The third-order valence-corrected chi connectivity index (χ3v) is 2.38. The van der Waals surface area contributed by atoms with Crippen molar-refractivity contribution in [1.29, 1.82) is 0 Å². The Morgan fingerprint density at radius 2 is 2.00 bits per heavy atom. The van der Waals surface area contributed by atoms with E-state index in [1.807, 2.05) is 6.92 Å². The molecule has 6 heteroatoms. The highest BCUT2D eigenvalue weighted by Crippen LogP contribution is 2.07. The molecule has 0 rings (SSSR count). The Morgan fingerprint density at radius 1 is 1.44 bits per heavy atom. The van der Waals surface area contributed by atoms with Crippen molar-refractivity contribution in [2.75, 3.05) is 20.2 Å². The van der Waals surface area contributed by atoms with Gasteiger partial charge in [-0.15, -0.1) is 0 Å². The van der Waals surface area contributed by atoms with Crippen LogP contribution in [-0.4, -0.2) is 42.0 Å². The summed E-state index contributed by atoms with van der Waals surface area (Å²) in [5.41, 5.74) is 5.44. The van der Waals surface area contributed by atoms with Gasteiger partial charge >= 0.3 is 5.97 Å². The standard InChI is InChI=1S/C10H18N2O3S/c1-4-7(9(11)16)10(14)12(3)6-8(13)15-5-2/h7H,4-6H2,1-3H3,(H2,11,16). The second-order valence-electron chi connectivity index (χ2n) is 3.36. The number of carbonyl (C=O) groups excluding carboxylic acids is 2. The van der Waals surface area contributed by atoms with Crippen molar-refractivity contribution >= 4 is 29.1 Å². The van der Waals surface area contributed by atoms with E-state index in [2.05, 4.69) is 0 Å². The first-order valence-electron chi connectivity index (χ1n) is 5.13. The molecule has 0 aromatic heterocycles. The van der Waals surface area contributed by atoms with Crippen LogP contribution in [0.3, 0.4) is 0 Å². The Balaban J connectivity index is 4.37. The average Bonchev–Trinajstić information content (AvgIpc) is 2.18. The highest BCUT2D eigenvalue weighted by atomic mass is 32.1. The number of likely N-dealkylation sites (N-methyl/N-ethyl adjacent to an activating group) is 1. The van der Waals surface area contributed by atoms with E-state index in [-0.39, 0.29) is 17.4 Å². The predicted octanol–water partition coefficient (Wildman–Crippen LogP) is 0.320. The molecule has 0 aliphatic carbocycles. The molecule has 16 heavy (non-hydrogen) atoms. The topological polar surface area (TPSA) is 72.6 Å². The van der Waals surface area contributed by atoms with Crippen LogP contribution in [0, 0.1) is 5.92 Å². The molecule has 92 valence electrons. The molecule has 1 atom stereocenters. The number of thiocarbonyl (C=S) groups is 1. The Kier molecular flexibility index (Phi) is 6.64. The summed E-state index contributed by atoms with van der Waals surface area (Å²) in [5.74, 6) is -1.19. The van der Waals surface area contributed by atoms with Gasteiger partial charge in [0, 0.05) is 7.05 Å². The summed E-state index contributed by atoms with van der Waals surface area (Å²) in [4.78, 5) is 24.4. The molecular weight excluding hydrogens is 228 g/mol. The van der Waals surface area contributed by atoms with Gasteiger partial charge in [0.1, 0.15) is 6.54 Å². The second-order valence-corrected chi connectivity index (χ2v) is 3.83. The zero-order valence-corrected chi connectivity index (χ0v) is 10.7. The van der Waals surface area contributed by atoms with Crippen LogP contribution in [0.15, 0.2) is 0 Å². The minimum absolute atomic E-state index is 0.0776. The molecule has 0 heterocycles. The minimum Gasteiger partial charge on any atom is -0.465 e. The number of carbonyl (C=O) groups is 2. The van der Waals surface area contributed by atoms with Crippen LogP contribution in [0.5, 0.6) is 0 Å². The first kappa shape index (κ1) is 14.8. The van der Waals surface area contributed by atoms with Gasteiger partial charge in [-0.05, 0) is 13.3 Å². The van der Waals surface area contributed by atoms with E-state index in [0.29, 0.717) is 13.0 Å². The summed E-state index contributed by atoms with van der Waals surface area (Å²) in [6.07, 6.45) is 0.529. The number of amides is 1. The molecule has 0 saturated heterocycles. The number of hydrogen-bond acceptors (Lipinski definition) is 4. The van der Waals surface area contributed by atoms with E-state index < -0.39 is 11.9 Å². The smallest absolute Gasteiger partial charge is 0.325 e. The molecule has 5 nitrogen and oxygen atoms in total. The third-order valence-electron chi connectivity index (χ3n) is 2.10. The summed E-state index contributed by atoms with van der Waals surface area (Å²) >= 11 is 4.79. The Morgan fingerprint density at radius 3 is 2.38 bits per heavy atom. The van der Waals surface area contributed by atoms with Crippen LogP contribution >= 0.6 is 12.2 Å². The van der Waals surface area contributed by atoms with Crippen molar-refractivity contribution in [3.05, 3.63) is 0 Å². The molecule has 0 bridgehead atoms. The van der Waals surface area contributed by atoms with E-state index in [9.17, 15) is 9.59 Å². The fourth-order valence-electron chi connectivity index (χ4n) is 1.24. The summed E-state index contributed by atoms with van der Waals surface area (Å²) in [6.45, 7) is 3.75. The molecule has 0 aliphatic heterocycles. The zero-order chi connectivity index (χ0) is 12.7. The van der Waals surface area contributed by atoms with Crippen LogP contribution in [0.1, 0.15) is 20.3 Å². The van der Waals surface area contributed by atoms with Gasteiger partial charge in [0.05, 0.1) is 17.5 Å². The molecule has 0 aliphatic rings. The van der Waals surface area contributed by atoms with E-state index >= 15 is 0 Å². The first-order chi connectivity index (χ1) is 7.43. The lowest BCUT2D eigenvalue weighted by atomic mass is 10.1. The molecule has 0 radical (unpaired) electrons. The maximum Gasteiger partial charge on any atom is 0.325 e. The van der Waals surface area contributed by atoms with Gasteiger partial charge in [-0.2, -0.15) is 0 Å². The molecule has 1 unspecified atom stereocenters. The van der Waals surface area contributed by atoms with Crippen LogP contribution in [0.25, 0.3) is 0 Å².